The van der Waals surface area contributed by atoms with Gasteiger partial charge in [0.2, 0.25) is 5.56 Å². The predicted octanol–water partition coefficient (Wildman–Crippen LogP) is 1.16. The van der Waals surface area contributed by atoms with Crippen molar-refractivity contribution < 1.29 is 10.2 Å². The van der Waals surface area contributed by atoms with Gasteiger partial charge in [-0.15, -0.1) is 0 Å². The van der Waals surface area contributed by atoms with Gasteiger partial charge in [-0.3, -0.25) is 4.79 Å². The summed E-state index contributed by atoms with van der Waals surface area (Å²) in [4.78, 5) is 13.6. The summed E-state index contributed by atoms with van der Waals surface area (Å²) < 4.78 is 0. The molecular formula is C10H8NO3. The molecular weight excluding hydrogens is 182 g/mol. The van der Waals surface area contributed by atoms with Gasteiger partial charge in [-0.25, -0.2) is 5.11 Å². The summed E-state index contributed by atoms with van der Waals surface area (Å²) in [5.74, 6) is -0.0186. The molecule has 0 saturated carbocycles. The lowest BCUT2D eigenvalue weighted by molar-refractivity contribution is 0.178. The zero-order chi connectivity index (χ0) is 10.1. The molecule has 71 valence electrons. The van der Waals surface area contributed by atoms with E-state index in [4.69, 9.17) is 0 Å². The summed E-state index contributed by atoms with van der Waals surface area (Å²) in [5.41, 5.74) is 0.357. The summed E-state index contributed by atoms with van der Waals surface area (Å²) in [6, 6.07) is 6.05. The number of aromatic hydroxyl groups is 1. The smallest absolute Gasteiger partial charge is 0.248 e. The van der Waals surface area contributed by atoms with Gasteiger partial charge < -0.3 is 10.1 Å². The Balaban J connectivity index is 2.94. The van der Waals surface area contributed by atoms with Crippen molar-refractivity contribution in [1.82, 2.24) is 4.98 Å². The highest BCUT2D eigenvalue weighted by Gasteiger charge is 2.05. The summed E-state index contributed by atoms with van der Waals surface area (Å²) in [6.45, 7) is -0.468. The first-order valence-corrected chi connectivity index (χ1v) is 4.14. The first-order chi connectivity index (χ1) is 6.72. The number of phenols is 1. The Morgan fingerprint density at radius 1 is 1.36 bits per heavy atom. The molecule has 1 aromatic heterocycles. The minimum Gasteiger partial charge on any atom is -0.506 e. The van der Waals surface area contributed by atoms with E-state index in [0.717, 1.165) is 0 Å². The normalized spacial score (nSPS) is 10.6. The molecule has 0 saturated heterocycles. The van der Waals surface area contributed by atoms with Crippen LogP contribution in [-0.2, 0) is 11.7 Å². The molecule has 1 radical (unpaired) electrons. The largest absolute Gasteiger partial charge is 0.506 e. The molecule has 0 aliphatic heterocycles. The number of aromatic amines is 1. The van der Waals surface area contributed by atoms with E-state index >= 15 is 0 Å². The lowest BCUT2D eigenvalue weighted by Gasteiger charge is -2.03. The Bertz CT molecular complexity index is 530. The van der Waals surface area contributed by atoms with Crippen molar-refractivity contribution in [3.63, 3.8) is 0 Å². The van der Waals surface area contributed by atoms with Gasteiger partial charge in [0.1, 0.15) is 12.4 Å². The number of aromatic nitrogens is 1. The second kappa shape index (κ2) is 3.16. The van der Waals surface area contributed by atoms with Gasteiger partial charge in [0.25, 0.3) is 0 Å². The minimum atomic E-state index is -0.468. The van der Waals surface area contributed by atoms with E-state index in [1.165, 1.54) is 12.1 Å². The molecule has 0 unspecified atom stereocenters. The number of nitrogens with one attached hydrogen (secondary N) is 1. The molecule has 1 heterocycles. The molecule has 2 N–H and O–H groups in total. The highest BCUT2D eigenvalue weighted by atomic mass is 16.3. The standard InChI is InChI=1S/C10H8NO3/c12-5-6-4-9(14)11-10-7(6)2-1-3-8(10)13/h1-4,13H,5H2,(H,11,14). The average Bonchev–Trinajstić information content (AvgIpc) is 2.18. The molecule has 14 heavy (non-hydrogen) atoms. The fourth-order valence-corrected chi connectivity index (χ4v) is 1.45. The second-order valence-corrected chi connectivity index (χ2v) is 3.00. The van der Waals surface area contributed by atoms with Crippen molar-refractivity contribution in [1.29, 1.82) is 0 Å². The zero-order valence-electron chi connectivity index (χ0n) is 7.28. The summed E-state index contributed by atoms with van der Waals surface area (Å²) in [6.07, 6.45) is 0. The summed E-state index contributed by atoms with van der Waals surface area (Å²) >= 11 is 0. The quantitative estimate of drug-likeness (QED) is 0.708. The van der Waals surface area contributed by atoms with Crippen LogP contribution in [0.5, 0.6) is 5.75 Å². The number of fused-ring (bicyclic) bond motifs is 1. The van der Waals surface area contributed by atoms with Crippen molar-refractivity contribution in [2.45, 2.75) is 6.61 Å². The van der Waals surface area contributed by atoms with Gasteiger partial charge in [-0.2, -0.15) is 0 Å². The SMILES string of the molecule is [O]Cc1cc(=O)[nH]c2c(O)cccc12. The Kier molecular flexibility index (Phi) is 1.98. The van der Waals surface area contributed by atoms with Gasteiger partial charge in [0.05, 0.1) is 5.52 Å². The first-order valence-electron chi connectivity index (χ1n) is 4.14. The third-order valence-corrected chi connectivity index (χ3v) is 2.10. The Morgan fingerprint density at radius 3 is 2.86 bits per heavy atom. The predicted molar refractivity (Wildman–Crippen MR) is 50.6 cm³/mol. The third-order valence-electron chi connectivity index (χ3n) is 2.10. The van der Waals surface area contributed by atoms with Crippen molar-refractivity contribution in [2.24, 2.45) is 0 Å². The zero-order valence-corrected chi connectivity index (χ0v) is 7.28. The maximum atomic E-state index is 11.1. The maximum absolute atomic E-state index is 11.1. The molecule has 0 amide bonds. The van der Waals surface area contributed by atoms with Gasteiger partial charge >= 0.3 is 0 Å². The molecule has 2 rings (SSSR count). The van der Waals surface area contributed by atoms with Crippen LogP contribution in [0.4, 0.5) is 0 Å². The number of benzene rings is 1. The number of hydrogen-bond donors (Lipinski definition) is 2. The Hall–Kier alpha value is -1.81. The molecule has 1 aromatic carbocycles. The van der Waals surface area contributed by atoms with Gasteiger partial charge in [0.15, 0.2) is 0 Å². The molecule has 0 aliphatic rings. The number of H-pyrrole nitrogens is 1. The van der Waals surface area contributed by atoms with Crippen LogP contribution in [0, 0.1) is 0 Å². The topological polar surface area (TPSA) is 73.0 Å². The van der Waals surface area contributed by atoms with Crippen LogP contribution < -0.4 is 5.56 Å². The van der Waals surface area contributed by atoms with Crippen LogP contribution in [0.15, 0.2) is 29.1 Å². The lowest BCUT2D eigenvalue weighted by Crippen LogP contribution is -2.06. The molecule has 4 nitrogen and oxygen atoms in total. The van der Waals surface area contributed by atoms with Gasteiger partial charge in [-0.05, 0) is 11.6 Å². The summed E-state index contributed by atoms with van der Waals surface area (Å²) in [5, 5.41) is 20.8. The Labute approximate surface area is 79.4 Å². The fraction of sp³-hybridized carbons (Fsp3) is 0.100. The highest BCUT2D eigenvalue weighted by molar-refractivity contribution is 5.86. The summed E-state index contributed by atoms with van der Waals surface area (Å²) in [7, 11) is 0. The molecule has 0 aliphatic carbocycles. The van der Waals surface area contributed by atoms with Gasteiger partial charge in [-0.1, -0.05) is 12.1 Å². The van der Waals surface area contributed by atoms with E-state index in [-0.39, 0.29) is 11.3 Å². The first kappa shape index (κ1) is 8.77. The lowest BCUT2D eigenvalue weighted by atomic mass is 10.1. The van der Waals surface area contributed by atoms with Crippen molar-refractivity contribution in [2.75, 3.05) is 0 Å². The fourth-order valence-electron chi connectivity index (χ4n) is 1.45. The second-order valence-electron chi connectivity index (χ2n) is 3.00. The van der Waals surface area contributed by atoms with E-state index < -0.39 is 6.61 Å². The highest BCUT2D eigenvalue weighted by Crippen LogP contribution is 2.23. The maximum Gasteiger partial charge on any atom is 0.248 e. The van der Waals surface area contributed by atoms with Crippen LogP contribution in [0.2, 0.25) is 0 Å². The van der Waals surface area contributed by atoms with E-state index in [9.17, 15) is 15.0 Å². The molecule has 4 heteroatoms. The number of pyridine rings is 1. The monoisotopic (exact) mass is 190 g/mol. The van der Waals surface area contributed by atoms with Crippen molar-refractivity contribution in [3.05, 3.63) is 40.2 Å². The van der Waals surface area contributed by atoms with Crippen molar-refractivity contribution >= 4 is 10.9 Å². The number of rotatable bonds is 1. The molecule has 0 fully saturated rings. The third kappa shape index (κ3) is 1.25. The van der Waals surface area contributed by atoms with E-state index in [1.54, 1.807) is 12.1 Å². The van der Waals surface area contributed by atoms with Crippen LogP contribution in [0.3, 0.4) is 0 Å². The Morgan fingerprint density at radius 2 is 2.14 bits per heavy atom. The molecule has 0 atom stereocenters. The molecule has 2 aromatic rings. The van der Waals surface area contributed by atoms with Crippen LogP contribution >= 0.6 is 0 Å². The average molecular weight is 190 g/mol. The van der Waals surface area contributed by atoms with Crippen LogP contribution in [-0.4, -0.2) is 10.1 Å². The minimum absolute atomic E-state index is 0.0186. The van der Waals surface area contributed by atoms with E-state index in [1.807, 2.05) is 0 Å². The number of hydrogen-bond acceptors (Lipinski definition) is 2. The molecule has 0 bridgehead atoms. The van der Waals surface area contributed by atoms with Crippen LogP contribution in [0.1, 0.15) is 5.56 Å². The van der Waals surface area contributed by atoms with E-state index in [2.05, 4.69) is 4.98 Å². The van der Waals surface area contributed by atoms with Crippen LogP contribution in [0.25, 0.3) is 10.9 Å². The van der Waals surface area contributed by atoms with Gasteiger partial charge in [0, 0.05) is 11.5 Å². The van der Waals surface area contributed by atoms with E-state index in [0.29, 0.717) is 16.5 Å². The number of para-hydroxylation sites is 1. The van der Waals surface area contributed by atoms with Crippen molar-refractivity contribution in [3.8, 4) is 5.75 Å². The molecule has 0 spiro atoms. The number of phenolic OH excluding ortho intramolecular Hbond substituents is 1.